The van der Waals surface area contributed by atoms with E-state index < -0.39 is 11.9 Å². The van der Waals surface area contributed by atoms with Gasteiger partial charge in [-0.3, -0.25) is 4.79 Å². The summed E-state index contributed by atoms with van der Waals surface area (Å²) >= 11 is 0. The van der Waals surface area contributed by atoms with E-state index in [-0.39, 0.29) is 18.4 Å². The topological polar surface area (TPSA) is 81.7 Å². The van der Waals surface area contributed by atoms with Gasteiger partial charge in [-0.25, -0.2) is 9.59 Å². The van der Waals surface area contributed by atoms with Crippen LogP contribution in [0.3, 0.4) is 0 Å². The fourth-order valence-corrected chi connectivity index (χ4v) is 1.23. The molecule has 16 heavy (non-hydrogen) atoms. The molecule has 1 atom stereocenters. The summed E-state index contributed by atoms with van der Waals surface area (Å²) in [6.45, 7) is 0.690. The van der Waals surface area contributed by atoms with Crippen LogP contribution in [0.25, 0.3) is 0 Å². The highest BCUT2D eigenvalue weighted by Gasteiger charge is 2.22. The highest BCUT2D eigenvalue weighted by Crippen LogP contribution is 2.08. The standard InChI is InChI=1S/C10H13NO5/c1-15-9(13)2-3-10(14)16-6-7-4-8(12)11-5-7/h2-3,7H,4-6H2,1H3,(H,11,12)/b3-2+. The maximum atomic E-state index is 11.1. The first kappa shape index (κ1) is 12.2. The number of methoxy groups -OCH3 is 1. The molecule has 0 aliphatic carbocycles. The van der Waals surface area contributed by atoms with E-state index in [9.17, 15) is 14.4 Å². The minimum absolute atomic E-state index is 0.0166. The zero-order valence-electron chi connectivity index (χ0n) is 8.89. The monoisotopic (exact) mass is 227 g/mol. The van der Waals surface area contributed by atoms with Crippen molar-refractivity contribution in [2.45, 2.75) is 6.42 Å². The highest BCUT2D eigenvalue weighted by molar-refractivity contribution is 5.91. The Hall–Kier alpha value is -1.85. The van der Waals surface area contributed by atoms with Crippen molar-refractivity contribution >= 4 is 17.8 Å². The molecule has 0 bridgehead atoms. The average molecular weight is 227 g/mol. The fourth-order valence-electron chi connectivity index (χ4n) is 1.23. The molecule has 0 spiro atoms. The van der Waals surface area contributed by atoms with Gasteiger partial charge in [0.15, 0.2) is 0 Å². The van der Waals surface area contributed by atoms with Crippen LogP contribution >= 0.6 is 0 Å². The van der Waals surface area contributed by atoms with E-state index in [2.05, 4.69) is 10.1 Å². The minimum Gasteiger partial charge on any atom is -0.466 e. The van der Waals surface area contributed by atoms with Gasteiger partial charge in [-0.05, 0) is 0 Å². The van der Waals surface area contributed by atoms with Crippen molar-refractivity contribution in [3.05, 3.63) is 12.2 Å². The van der Waals surface area contributed by atoms with E-state index in [1.807, 2.05) is 0 Å². The van der Waals surface area contributed by atoms with Crippen molar-refractivity contribution in [1.29, 1.82) is 0 Å². The molecule has 1 heterocycles. The lowest BCUT2D eigenvalue weighted by Crippen LogP contribution is -2.17. The fraction of sp³-hybridized carbons (Fsp3) is 0.500. The van der Waals surface area contributed by atoms with Crippen molar-refractivity contribution in [3.63, 3.8) is 0 Å². The van der Waals surface area contributed by atoms with Gasteiger partial charge in [0, 0.05) is 31.0 Å². The lowest BCUT2D eigenvalue weighted by molar-refractivity contribution is -0.140. The van der Waals surface area contributed by atoms with Crippen LogP contribution in [0.2, 0.25) is 0 Å². The normalized spacial score (nSPS) is 19.6. The summed E-state index contributed by atoms with van der Waals surface area (Å²) < 4.78 is 9.15. The van der Waals surface area contributed by atoms with E-state index >= 15 is 0 Å². The summed E-state index contributed by atoms with van der Waals surface area (Å²) in [4.78, 5) is 32.6. The number of rotatable bonds is 4. The molecule has 1 aliphatic heterocycles. The summed E-state index contributed by atoms with van der Waals surface area (Å²) in [5.41, 5.74) is 0. The second-order valence-corrected chi connectivity index (χ2v) is 3.36. The van der Waals surface area contributed by atoms with Gasteiger partial charge in [-0.15, -0.1) is 0 Å². The van der Waals surface area contributed by atoms with Gasteiger partial charge in [0.25, 0.3) is 0 Å². The quantitative estimate of drug-likeness (QED) is 0.512. The number of hydrogen-bond acceptors (Lipinski definition) is 5. The van der Waals surface area contributed by atoms with Crippen molar-refractivity contribution in [2.75, 3.05) is 20.3 Å². The molecule has 0 radical (unpaired) electrons. The van der Waals surface area contributed by atoms with E-state index in [4.69, 9.17) is 4.74 Å². The molecule has 6 nitrogen and oxygen atoms in total. The number of carbonyl (C=O) groups excluding carboxylic acids is 3. The van der Waals surface area contributed by atoms with Gasteiger partial charge in [0.05, 0.1) is 13.7 Å². The van der Waals surface area contributed by atoms with Crippen molar-refractivity contribution in [3.8, 4) is 0 Å². The number of esters is 2. The first-order valence-corrected chi connectivity index (χ1v) is 4.81. The molecule has 0 aromatic heterocycles. The summed E-state index contributed by atoms with van der Waals surface area (Å²) in [7, 11) is 1.22. The lowest BCUT2D eigenvalue weighted by atomic mass is 10.1. The van der Waals surface area contributed by atoms with Gasteiger partial charge in [-0.2, -0.15) is 0 Å². The zero-order chi connectivity index (χ0) is 12.0. The first-order chi connectivity index (χ1) is 7.61. The highest BCUT2D eigenvalue weighted by atomic mass is 16.5. The Balaban J connectivity index is 2.22. The van der Waals surface area contributed by atoms with Gasteiger partial charge in [-0.1, -0.05) is 0 Å². The van der Waals surface area contributed by atoms with E-state index in [1.54, 1.807) is 0 Å². The van der Waals surface area contributed by atoms with Crippen LogP contribution in [0.1, 0.15) is 6.42 Å². The maximum Gasteiger partial charge on any atom is 0.331 e. The summed E-state index contributed by atoms with van der Waals surface area (Å²) in [6, 6.07) is 0. The number of carbonyl (C=O) groups is 3. The molecule has 1 aliphatic rings. The van der Waals surface area contributed by atoms with Crippen LogP contribution in [0, 0.1) is 5.92 Å². The average Bonchev–Trinajstić information content (AvgIpc) is 2.69. The largest absolute Gasteiger partial charge is 0.466 e. The Labute approximate surface area is 92.6 Å². The number of hydrogen-bond donors (Lipinski definition) is 1. The lowest BCUT2D eigenvalue weighted by Gasteiger charge is -2.06. The molecule has 88 valence electrons. The molecule has 1 unspecified atom stereocenters. The zero-order valence-corrected chi connectivity index (χ0v) is 8.89. The van der Waals surface area contributed by atoms with E-state index in [0.717, 1.165) is 12.2 Å². The second-order valence-electron chi connectivity index (χ2n) is 3.36. The predicted octanol–water partition coefficient (Wildman–Crippen LogP) is -0.605. The Morgan fingerprint density at radius 1 is 1.44 bits per heavy atom. The summed E-state index contributed by atoms with van der Waals surface area (Å²) in [5.74, 6) is -1.26. The van der Waals surface area contributed by atoms with Gasteiger partial charge in [0.2, 0.25) is 5.91 Å². The molecule has 1 amide bonds. The van der Waals surface area contributed by atoms with E-state index in [0.29, 0.717) is 13.0 Å². The smallest absolute Gasteiger partial charge is 0.331 e. The van der Waals surface area contributed by atoms with Crippen LogP contribution < -0.4 is 5.32 Å². The Bertz CT molecular complexity index is 323. The van der Waals surface area contributed by atoms with Crippen LogP contribution in [-0.2, 0) is 23.9 Å². The minimum atomic E-state index is -0.621. The Kier molecular flexibility index (Phi) is 4.50. The van der Waals surface area contributed by atoms with Crippen molar-refractivity contribution in [1.82, 2.24) is 5.32 Å². The van der Waals surface area contributed by atoms with Gasteiger partial charge in [0.1, 0.15) is 0 Å². The van der Waals surface area contributed by atoms with Gasteiger partial charge < -0.3 is 14.8 Å². The number of nitrogens with one attached hydrogen (secondary N) is 1. The molecular formula is C10H13NO5. The Morgan fingerprint density at radius 3 is 2.69 bits per heavy atom. The molecular weight excluding hydrogens is 214 g/mol. The van der Waals surface area contributed by atoms with E-state index in [1.165, 1.54) is 7.11 Å². The summed E-state index contributed by atoms with van der Waals surface area (Å²) in [5, 5.41) is 2.63. The van der Waals surface area contributed by atoms with Crippen LogP contribution in [0.15, 0.2) is 12.2 Å². The molecule has 1 N–H and O–H groups in total. The first-order valence-electron chi connectivity index (χ1n) is 4.81. The molecule has 0 aromatic carbocycles. The molecule has 0 aromatic rings. The van der Waals surface area contributed by atoms with Crippen LogP contribution in [-0.4, -0.2) is 38.1 Å². The van der Waals surface area contributed by atoms with Crippen molar-refractivity contribution < 1.29 is 23.9 Å². The number of ether oxygens (including phenoxy) is 2. The third kappa shape index (κ3) is 4.12. The molecule has 1 saturated heterocycles. The second kappa shape index (κ2) is 5.89. The maximum absolute atomic E-state index is 11.1. The molecule has 1 rings (SSSR count). The SMILES string of the molecule is COC(=O)/C=C/C(=O)OCC1CNC(=O)C1. The molecule has 6 heteroatoms. The van der Waals surface area contributed by atoms with Crippen LogP contribution in [0.5, 0.6) is 0 Å². The van der Waals surface area contributed by atoms with Crippen molar-refractivity contribution in [2.24, 2.45) is 5.92 Å². The number of amides is 1. The summed E-state index contributed by atoms with van der Waals surface area (Å²) in [6.07, 6.45) is 2.35. The third-order valence-corrected chi connectivity index (χ3v) is 2.08. The third-order valence-electron chi connectivity index (χ3n) is 2.08. The van der Waals surface area contributed by atoms with Crippen LogP contribution in [0.4, 0.5) is 0 Å². The molecule has 0 saturated carbocycles. The Morgan fingerprint density at radius 2 is 2.12 bits per heavy atom. The molecule has 1 fully saturated rings. The van der Waals surface area contributed by atoms with Gasteiger partial charge >= 0.3 is 11.9 Å². The predicted molar refractivity (Wildman–Crippen MR) is 53.2 cm³/mol.